The maximum absolute atomic E-state index is 12.7. The topological polar surface area (TPSA) is 51.0 Å². The summed E-state index contributed by atoms with van der Waals surface area (Å²) in [5.74, 6) is -0.605. The van der Waals surface area contributed by atoms with Gasteiger partial charge in [0.2, 0.25) is 5.78 Å². The molecule has 2 atom stereocenters. The molecule has 4 rings (SSSR count). The van der Waals surface area contributed by atoms with Crippen molar-refractivity contribution in [3.63, 3.8) is 0 Å². The number of hydrogen-bond acceptors (Lipinski definition) is 4. The molecular weight excluding hydrogens is 405 g/mol. The van der Waals surface area contributed by atoms with E-state index in [1.54, 1.807) is 24.4 Å². The molecule has 0 radical (unpaired) electrons. The van der Waals surface area contributed by atoms with E-state index in [1.807, 2.05) is 36.4 Å². The van der Waals surface area contributed by atoms with Gasteiger partial charge in [0.05, 0.1) is 5.70 Å². The third kappa shape index (κ3) is 5.17. The van der Waals surface area contributed by atoms with E-state index in [0.29, 0.717) is 29.9 Å². The van der Waals surface area contributed by atoms with Gasteiger partial charge in [0.25, 0.3) is 0 Å². The first-order valence-corrected chi connectivity index (χ1v) is 9.82. The summed E-state index contributed by atoms with van der Waals surface area (Å²) in [4.78, 5) is 21.6. The van der Waals surface area contributed by atoms with Gasteiger partial charge in [-0.2, -0.15) is 0 Å². The van der Waals surface area contributed by atoms with Crippen LogP contribution >= 0.6 is 0 Å². The number of ketones is 1. The van der Waals surface area contributed by atoms with Crippen molar-refractivity contribution < 1.29 is 22.7 Å². The monoisotopic (exact) mass is 424 g/mol. The third-order valence-electron chi connectivity index (χ3n) is 5.16. The van der Waals surface area contributed by atoms with E-state index in [-0.39, 0.29) is 23.4 Å². The summed E-state index contributed by atoms with van der Waals surface area (Å²) in [6.45, 7) is 0.353. The number of allylic oxidation sites excluding steroid dienone is 6. The number of ether oxygens (including phenoxy) is 1. The lowest BCUT2D eigenvalue weighted by Gasteiger charge is -2.22. The maximum atomic E-state index is 12.7. The number of hydrogen-bond donors (Lipinski definition) is 0. The fourth-order valence-electron chi connectivity index (χ4n) is 3.63. The van der Waals surface area contributed by atoms with E-state index in [1.165, 1.54) is 18.2 Å². The van der Waals surface area contributed by atoms with E-state index in [2.05, 4.69) is 14.7 Å². The minimum atomic E-state index is -4.71. The first-order valence-electron chi connectivity index (χ1n) is 9.82. The molecule has 2 aliphatic heterocycles. The van der Waals surface area contributed by atoms with Crippen molar-refractivity contribution in [2.24, 2.45) is 21.8 Å². The van der Waals surface area contributed by atoms with Crippen LogP contribution in [0.5, 0.6) is 0 Å². The molecule has 0 fully saturated rings. The van der Waals surface area contributed by atoms with Crippen LogP contribution in [0.25, 0.3) is 6.08 Å². The average molecular weight is 424 g/mol. The molecule has 3 aliphatic rings. The van der Waals surface area contributed by atoms with E-state index in [4.69, 9.17) is 0 Å². The van der Waals surface area contributed by atoms with E-state index in [9.17, 15) is 18.0 Å². The summed E-state index contributed by atoms with van der Waals surface area (Å²) >= 11 is 0. The molecule has 0 amide bonds. The van der Waals surface area contributed by atoms with Gasteiger partial charge in [0.15, 0.2) is 0 Å². The second-order valence-corrected chi connectivity index (χ2v) is 7.29. The van der Waals surface area contributed by atoms with Crippen molar-refractivity contribution in [3.05, 3.63) is 89.4 Å². The van der Waals surface area contributed by atoms with Crippen LogP contribution in [0.3, 0.4) is 0 Å². The second kappa shape index (κ2) is 8.71. The van der Waals surface area contributed by atoms with Crippen LogP contribution in [0.15, 0.2) is 93.8 Å². The van der Waals surface area contributed by atoms with Crippen molar-refractivity contribution in [3.8, 4) is 0 Å². The molecule has 0 saturated carbocycles. The van der Waals surface area contributed by atoms with E-state index < -0.39 is 6.36 Å². The van der Waals surface area contributed by atoms with Crippen molar-refractivity contribution >= 4 is 23.8 Å². The first-order chi connectivity index (χ1) is 14.9. The van der Waals surface area contributed by atoms with Gasteiger partial charge < -0.3 is 4.74 Å². The molecule has 0 saturated heterocycles. The Morgan fingerprint density at radius 2 is 1.84 bits per heavy atom. The molecule has 1 aromatic carbocycles. The minimum absolute atomic E-state index is 0.0686. The Kier molecular flexibility index (Phi) is 5.84. The second-order valence-electron chi connectivity index (χ2n) is 7.29. The smallest absolute Gasteiger partial charge is 0.406 e. The molecule has 1 aliphatic carbocycles. The van der Waals surface area contributed by atoms with Gasteiger partial charge in [0.1, 0.15) is 11.5 Å². The number of nitrogens with zero attached hydrogens (tertiary/aromatic N) is 2. The Labute approximate surface area is 177 Å². The fraction of sp³-hybridized carbons (Fsp3) is 0.208. The average Bonchev–Trinajstić information content (AvgIpc) is 3.09. The van der Waals surface area contributed by atoms with Crippen LogP contribution in [-0.2, 0) is 9.53 Å². The highest BCUT2D eigenvalue weighted by Gasteiger charge is 2.32. The highest BCUT2D eigenvalue weighted by Crippen LogP contribution is 2.31. The summed E-state index contributed by atoms with van der Waals surface area (Å²) in [5.41, 5.74) is 2.64. The molecule has 1 aromatic rings. The molecular formula is C24H19F3N2O2. The van der Waals surface area contributed by atoms with Crippen LogP contribution in [0.1, 0.15) is 12.0 Å². The molecule has 0 N–H and O–H groups in total. The normalized spacial score (nSPS) is 24.7. The van der Waals surface area contributed by atoms with Crippen LogP contribution in [0.4, 0.5) is 13.2 Å². The van der Waals surface area contributed by atoms with Crippen LogP contribution in [0.2, 0.25) is 0 Å². The van der Waals surface area contributed by atoms with Crippen molar-refractivity contribution in [2.45, 2.75) is 12.8 Å². The zero-order valence-electron chi connectivity index (χ0n) is 16.4. The van der Waals surface area contributed by atoms with E-state index >= 15 is 0 Å². The molecule has 4 nitrogen and oxygen atoms in total. The quantitative estimate of drug-likeness (QED) is 0.665. The van der Waals surface area contributed by atoms with Crippen LogP contribution in [0, 0.1) is 11.8 Å². The summed E-state index contributed by atoms with van der Waals surface area (Å²) in [6.07, 6.45) is 8.67. The maximum Gasteiger partial charge on any atom is 0.573 e. The number of alkyl halides is 3. The van der Waals surface area contributed by atoms with Crippen LogP contribution < -0.4 is 0 Å². The van der Waals surface area contributed by atoms with Gasteiger partial charge in [-0.3, -0.25) is 14.8 Å². The standard InChI is InChI=1S/C24H19F3N2O2/c25-24(26,27)31-19-9-6-17(7-10-19)18-8-11-22(30)23(29-15-18)20-12-13-28-21(20)14-16-4-2-1-3-5-16/h1-6,8-14,17-18H,7,15H2/b21-14-. The molecule has 0 bridgehead atoms. The molecule has 0 spiro atoms. The molecule has 158 valence electrons. The van der Waals surface area contributed by atoms with E-state index in [0.717, 1.165) is 5.56 Å². The number of halogens is 3. The Morgan fingerprint density at radius 1 is 1.06 bits per heavy atom. The lowest BCUT2D eigenvalue weighted by atomic mass is 9.86. The molecule has 2 unspecified atom stereocenters. The molecule has 7 heteroatoms. The number of aliphatic imine (C=N–C) groups is 2. The summed E-state index contributed by atoms with van der Waals surface area (Å²) < 4.78 is 41.0. The molecule has 2 heterocycles. The van der Waals surface area contributed by atoms with Crippen molar-refractivity contribution in [2.75, 3.05) is 6.54 Å². The number of rotatable bonds is 4. The highest BCUT2D eigenvalue weighted by atomic mass is 19.4. The van der Waals surface area contributed by atoms with Gasteiger partial charge in [-0.15, -0.1) is 13.2 Å². The predicted molar refractivity (Wildman–Crippen MR) is 113 cm³/mol. The number of carbonyl (C=O) groups excluding carboxylic acids is 1. The predicted octanol–water partition coefficient (Wildman–Crippen LogP) is 5.23. The lowest BCUT2D eigenvalue weighted by Crippen LogP contribution is -2.18. The number of benzene rings is 1. The zero-order valence-corrected chi connectivity index (χ0v) is 16.4. The summed E-state index contributed by atoms with van der Waals surface area (Å²) in [6, 6.07) is 9.67. The van der Waals surface area contributed by atoms with Gasteiger partial charge in [-0.1, -0.05) is 42.5 Å². The van der Waals surface area contributed by atoms with Crippen molar-refractivity contribution in [1.29, 1.82) is 0 Å². The Hall–Kier alpha value is -3.48. The largest absolute Gasteiger partial charge is 0.573 e. The Morgan fingerprint density at radius 3 is 2.55 bits per heavy atom. The highest BCUT2D eigenvalue weighted by molar-refractivity contribution is 6.51. The van der Waals surface area contributed by atoms with Gasteiger partial charge >= 0.3 is 6.36 Å². The third-order valence-corrected chi connectivity index (χ3v) is 5.16. The fourth-order valence-corrected chi connectivity index (χ4v) is 3.63. The Bertz CT molecular complexity index is 1070. The minimum Gasteiger partial charge on any atom is -0.406 e. The van der Waals surface area contributed by atoms with Crippen molar-refractivity contribution in [1.82, 2.24) is 0 Å². The van der Waals surface area contributed by atoms with Crippen LogP contribution in [-0.4, -0.2) is 30.6 Å². The first kappa shape index (κ1) is 20.8. The lowest BCUT2D eigenvalue weighted by molar-refractivity contribution is -0.303. The summed E-state index contributed by atoms with van der Waals surface area (Å²) in [7, 11) is 0. The number of carbonyl (C=O) groups is 1. The molecule has 0 aromatic heterocycles. The van der Waals surface area contributed by atoms with Gasteiger partial charge in [0, 0.05) is 24.3 Å². The zero-order chi connectivity index (χ0) is 21.8. The van der Waals surface area contributed by atoms with Gasteiger partial charge in [-0.25, -0.2) is 0 Å². The SMILES string of the molecule is O=C1C=CC(C2C=CC(OC(F)(F)F)=CC2)CN=C1C1=CC=N/C1=C\c1ccccc1. The summed E-state index contributed by atoms with van der Waals surface area (Å²) in [5, 5.41) is 0. The van der Waals surface area contributed by atoms with Gasteiger partial charge in [-0.05, 0) is 48.3 Å². The Balaban J connectivity index is 1.48. The molecule has 31 heavy (non-hydrogen) atoms.